The van der Waals surface area contributed by atoms with Crippen molar-refractivity contribution in [1.29, 1.82) is 0 Å². The Kier molecular flexibility index (Phi) is 3.89. The molecule has 17 heavy (non-hydrogen) atoms. The van der Waals surface area contributed by atoms with Crippen molar-refractivity contribution in [2.24, 2.45) is 0 Å². The Morgan fingerprint density at radius 2 is 1.76 bits per heavy atom. The molecule has 0 saturated carbocycles. The van der Waals surface area contributed by atoms with Gasteiger partial charge in [0, 0.05) is 0 Å². The Hall–Kier alpha value is -0.810. The normalized spacial score (nSPS) is 10.4. The van der Waals surface area contributed by atoms with Gasteiger partial charge in [-0.15, -0.1) is 10.2 Å². The number of nitrogens with one attached hydrogen (secondary N) is 1. The van der Waals surface area contributed by atoms with E-state index in [9.17, 15) is 0 Å². The molecule has 1 aromatic carbocycles. The van der Waals surface area contributed by atoms with Gasteiger partial charge in [0.15, 0.2) is 11.0 Å². The molecule has 0 amide bonds. The molecule has 0 saturated heterocycles. The summed E-state index contributed by atoms with van der Waals surface area (Å²) in [6.07, 6.45) is 0. The van der Waals surface area contributed by atoms with Crippen molar-refractivity contribution in [3.05, 3.63) is 38.7 Å². The molecule has 0 fully saturated rings. The maximum absolute atomic E-state index is 6.00. The third-order valence-corrected chi connectivity index (χ3v) is 3.06. The predicted octanol–water partition coefficient (Wildman–Crippen LogP) is 4.23. The van der Waals surface area contributed by atoms with Crippen LogP contribution in [0.4, 0.5) is 11.5 Å². The standard InChI is InChI=1S/C9H4Cl4N4/c10-4-2-1-3-5(6(4)11)14-8-7(12)16-17-9(13)15-8/h1-3H,(H,14,15,17). The van der Waals surface area contributed by atoms with E-state index in [1.54, 1.807) is 18.2 Å². The molecule has 0 spiro atoms. The van der Waals surface area contributed by atoms with E-state index in [4.69, 9.17) is 46.4 Å². The van der Waals surface area contributed by atoms with Crippen molar-refractivity contribution in [2.75, 3.05) is 5.32 Å². The first-order chi connectivity index (χ1) is 8.08. The molecule has 0 aliphatic carbocycles. The first-order valence-electron chi connectivity index (χ1n) is 4.34. The summed E-state index contributed by atoms with van der Waals surface area (Å²) in [4.78, 5) is 3.89. The van der Waals surface area contributed by atoms with Crippen LogP contribution in [0.3, 0.4) is 0 Å². The van der Waals surface area contributed by atoms with Crippen LogP contribution in [0.1, 0.15) is 0 Å². The van der Waals surface area contributed by atoms with Gasteiger partial charge in [-0.3, -0.25) is 0 Å². The van der Waals surface area contributed by atoms with Gasteiger partial charge in [-0.25, -0.2) is 0 Å². The highest BCUT2D eigenvalue weighted by Gasteiger charge is 2.09. The molecule has 0 unspecified atom stereocenters. The summed E-state index contributed by atoms with van der Waals surface area (Å²) in [5, 5.41) is 10.8. The van der Waals surface area contributed by atoms with E-state index in [-0.39, 0.29) is 16.3 Å². The third kappa shape index (κ3) is 2.90. The summed E-state index contributed by atoms with van der Waals surface area (Å²) in [5.41, 5.74) is 0.553. The number of hydrogen-bond acceptors (Lipinski definition) is 4. The molecule has 1 N–H and O–H groups in total. The number of halogens is 4. The Morgan fingerprint density at radius 3 is 2.53 bits per heavy atom. The summed E-state index contributed by atoms with van der Waals surface area (Å²) in [6.45, 7) is 0. The van der Waals surface area contributed by atoms with Crippen LogP contribution < -0.4 is 5.32 Å². The van der Waals surface area contributed by atoms with Crippen LogP contribution in [0.15, 0.2) is 18.2 Å². The fourth-order valence-corrected chi connectivity index (χ4v) is 1.70. The molecule has 0 aliphatic rings. The number of nitrogens with zero attached hydrogens (tertiary/aromatic N) is 3. The monoisotopic (exact) mass is 308 g/mol. The molecular weight excluding hydrogens is 306 g/mol. The average Bonchev–Trinajstić information content (AvgIpc) is 2.30. The summed E-state index contributed by atoms with van der Waals surface area (Å²) in [6, 6.07) is 5.13. The van der Waals surface area contributed by atoms with Gasteiger partial charge in [0.05, 0.1) is 15.7 Å². The second kappa shape index (κ2) is 5.23. The fraction of sp³-hybridized carbons (Fsp3) is 0. The van der Waals surface area contributed by atoms with Crippen molar-refractivity contribution in [1.82, 2.24) is 15.2 Å². The van der Waals surface area contributed by atoms with E-state index in [0.29, 0.717) is 15.7 Å². The van der Waals surface area contributed by atoms with E-state index in [2.05, 4.69) is 20.5 Å². The van der Waals surface area contributed by atoms with Gasteiger partial charge < -0.3 is 5.32 Å². The molecule has 8 heteroatoms. The van der Waals surface area contributed by atoms with Crippen LogP contribution in [-0.2, 0) is 0 Å². The SMILES string of the molecule is Clc1nnc(Cl)c(Nc2cccc(Cl)c2Cl)n1. The number of rotatable bonds is 2. The van der Waals surface area contributed by atoms with Crippen molar-refractivity contribution in [3.63, 3.8) is 0 Å². The fourth-order valence-electron chi connectivity index (χ4n) is 1.10. The lowest BCUT2D eigenvalue weighted by Gasteiger charge is -2.08. The highest BCUT2D eigenvalue weighted by molar-refractivity contribution is 6.43. The Morgan fingerprint density at radius 1 is 1.00 bits per heavy atom. The first kappa shape index (κ1) is 12.6. The van der Waals surface area contributed by atoms with Crippen LogP contribution in [0.2, 0.25) is 20.5 Å². The van der Waals surface area contributed by atoms with Gasteiger partial charge in [0.1, 0.15) is 0 Å². The largest absolute Gasteiger partial charge is 0.336 e. The Bertz CT molecular complexity index is 561. The van der Waals surface area contributed by atoms with Crippen molar-refractivity contribution in [2.45, 2.75) is 0 Å². The lowest BCUT2D eigenvalue weighted by molar-refractivity contribution is 0.975. The van der Waals surface area contributed by atoms with Gasteiger partial charge in [-0.2, -0.15) is 4.98 Å². The minimum atomic E-state index is -0.0185. The van der Waals surface area contributed by atoms with Gasteiger partial charge in [0.2, 0.25) is 5.28 Å². The van der Waals surface area contributed by atoms with E-state index in [0.717, 1.165) is 0 Å². The van der Waals surface area contributed by atoms with Crippen LogP contribution in [0, 0.1) is 0 Å². The van der Waals surface area contributed by atoms with Gasteiger partial charge >= 0.3 is 0 Å². The third-order valence-electron chi connectivity index (χ3n) is 1.82. The van der Waals surface area contributed by atoms with Gasteiger partial charge in [-0.1, -0.05) is 40.9 Å². The Balaban J connectivity index is 2.38. The zero-order chi connectivity index (χ0) is 12.4. The van der Waals surface area contributed by atoms with E-state index in [1.165, 1.54) is 0 Å². The van der Waals surface area contributed by atoms with Crippen LogP contribution in [0.25, 0.3) is 0 Å². The smallest absolute Gasteiger partial charge is 0.245 e. The maximum Gasteiger partial charge on any atom is 0.245 e. The second-order valence-electron chi connectivity index (χ2n) is 2.95. The maximum atomic E-state index is 6.00. The molecule has 1 heterocycles. The molecule has 0 bridgehead atoms. The Labute approximate surface area is 117 Å². The number of anilines is 2. The second-order valence-corrected chi connectivity index (χ2v) is 4.43. The molecule has 0 aliphatic heterocycles. The molecular formula is C9H4Cl4N4. The first-order valence-corrected chi connectivity index (χ1v) is 5.86. The molecule has 0 radical (unpaired) electrons. The molecule has 4 nitrogen and oxygen atoms in total. The summed E-state index contributed by atoms with van der Waals surface area (Å²) < 4.78 is 0. The van der Waals surface area contributed by atoms with Crippen LogP contribution in [-0.4, -0.2) is 15.2 Å². The minimum absolute atomic E-state index is 0.0185. The summed E-state index contributed by atoms with van der Waals surface area (Å²) in [5.74, 6) is 0.260. The minimum Gasteiger partial charge on any atom is -0.336 e. The number of benzene rings is 1. The molecule has 2 aromatic rings. The zero-order valence-corrected chi connectivity index (χ0v) is 11.1. The molecule has 88 valence electrons. The predicted molar refractivity (Wildman–Crippen MR) is 69.6 cm³/mol. The van der Waals surface area contributed by atoms with Crippen LogP contribution >= 0.6 is 46.4 Å². The van der Waals surface area contributed by atoms with Crippen molar-refractivity contribution >= 4 is 57.9 Å². The average molecular weight is 310 g/mol. The lowest BCUT2D eigenvalue weighted by atomic mass is 10.3. The highest BCUT2D eigenvalue weighted by atomic mass is 35.5. The number of aromatic nitrogens is 3. The molecule has 1 aromatic heterocycles. The summed E-state index contributed by atoms with van der Waals surface area (Å²) >= 11 is 23.3. The van der Waals surface area contributed by atoms with Crippen LogP contribution in [0.5, 0.6) is 0 Å². The quantitative estimate of drug-likeness (QED) is 0.902. The topological polar surface area (TPSA) is 50.7 Å². The van der Waals surface area contributed by atoms with Crippen molar-refractivity contribution < 1.29 is 0 Å². The zero-order valence-electron chi connectivity index (χ0n) is 8.09. The van der Waals surface area contributed by atoms with E-state index < -0.39 is 0 Å². The van der Waals surface area contributed by atoms with Crippen molar-refractivity contribution in [3.8, 4) is 0 Å². The lowest BCUT2D eigenvalue weighted by Crippen LogP contribution is -1.99. The number of hydrogen-bond donors (Lipinski definition) is 1. The van der Waals surface area contributed by atoms with Gasteiger partial charge in [0.25, 0.3) is 0 Å². The van der Waals surface area contributed by atoms with Gasteiger partial charge in [-0.05, 0) is 23.7 Å². The van der Waals surface area contributed by atoms with E-state index >= 15 is 0 Å². The summed E-state index contributed by atoms with van der Waals surface area (Å²) in [7, 11) is 0. The van der Waals surface area contributed by atoms with E-state index in [1.807, 2.05) is 0 Å². The molecule has 2 rings (SSSR count). The highest BCUT2D eigenvalue weighted by Crippen LogP contribution is 2.32. The molecule has 0 atom stereocenters.